The van der Waals surface area contributed by atoms with Crippen molar-refractivity contribution in [2.75, 3.05) is 19.2 Å². The maximum Gasteiger partial charge on any atom is 0.339 e. The van der Waals surface area contributed by atoms with Gasteiger partial charge in [-0.25, -0.2) is 4.79 Å². The molecular weight excluding hydrogens is 376 g/mol. The quantitative estimate of drug-likeness (QED) is 0.573. The summed E-state index contributed by atoms with van der Waals surface area (Å²) in [5, 5.41) is 5.52. The van der Waals surface area contributed by atoms with E-state index in [1.165, 1.54) is 7.11 Å². The molecule has 2 aromatic rings. The second-order valence-corrected chi connectivity index (χ2v) is 6.94. The standard InChI is InChI=1S/C21H20N2O6/c1-27-18(24)14-4-2-3-5-15(14)23-20(26)21(8-9-21)19(25)22-11-13-6-7-16-17(10-13)29-12-28-16/h2-7,10H,8-9,11-12H2,1H3,(H,22,25)(H,23,26). The highest BCUT2D eigenvalue weighted by Gasteiger charge is 2.56. The van der Waals surface area contributed by atoms with Crippen molar-refractivity contribution >= 4 is 23.5 Å². The Morgan fingerprint density at radius 1 is 1.03 bits per heavy atom. The van der Waals surface area contributed by atoms with Crippen LogP contribution in [0.25, 0.3) is 0 Å². The van der Waals surface area contributed by atoms with Crippen LogP contribution in [0.1, 0.15) is 28.8 Å². The summed E-state index contributed by atoms with van der Waals surface area (Å²) in [7, 11) is 1.27. The number of ether oxygens (including phenoxy) is 3. The number of hydrogen-bond acceptors (Lipinski definition) is 6. The van der Waals surface area contributed by atoms with E-state index in [0.29, 0.717) is 30.0 Å². The number of carbonyl (C=O) groups is 3. The average Bonchev–Trinajstić information content (AvgIpc) is 3.43. The first-order valence-corrected chi connectivity index (χ1v) is 9.19. The highest BCUT2D eigenvalue weighted by atomic mass is 16.7. The Labute approximate surface area is 167 Å². The summed E-state index contributed by atoms with van der Waals surface area (Å²) in [5.74, 6) is -0.0318. The van der Waals surface area contributed by atoms with Crippen molar-refractivity contribution in [3.8, 4) is 11.5 Å². The van der Waals surface area contributed by atoms with E-state index < -0.39 is 17.3 Å². The van der Waals surface area contributed by atoms with Crippen LogP contribution in [0.2, 0.25) is 0 Å². The van der Waals surface area contributed by atoms with Gasteiger partial charge in [0.1, 0.15) is 5.41 Å². The number of methoxy groups -OCH3 is 1. The molecule has 0 atom stereocenters. The SMILES string of the molecule is COC(=O)c1ccccc1NC(=O)C1(C(=O)NCc2ccc3c(c2)OCO3)CC1. The van der Waals surface area contributed by atoms with Crippen molar-refractivity contribution in [1.29, 1.82) is 0 Å². The average molecular weight is 396 g/mol. The molecule has 4 rings (SSSR count). The van der Waals surface area contributed by atoms with Gasteiger partial charge in [-0.1, -0.05) is 18.2 Å². The van der Waals surface area contributed by atoms with Gasteiger partial charge >= 0.3 is 5.97 Å². The number of anilines is 1. The van der Waals surface area contributed by atoms with Gasteiger partial charge in [-0.15, -0.1) is 0 Å². The second kappa shape index (κ2) is 7.46. The molecule has 0 bridgehead atoms. The topological polar surface area (TPSA) is 103 Å². The molecule has 1 aliphatic carbocycles. The number of rotatable bonds is 6. The predicted octanol–water partition coefficient (Wildman–Crippen LogP) is 2.24. The maximum absolute atomic E-state index is 12.8. The third-order valence-electron chi connectivity index (χ3n) is 5.09. The minimum absolute atomic E-state index is 0.182. The Kier molecular flexibility index (Phi) is 4.84. The van der Waals surface area contributed by atoms with Crippen LogP contribution in [0.15, 0.2) is 42.5 Å². The molecule has 2 amide bonds. The van der Waals surface area contributed by atoms with E-state index in [1.807, 2.05) is 6.07 Å². The van der Waals surface area contributed by atoms with E-state index in [4.69, 9.17) is 14.2 Å². The number of carbonyl (C=O) groups excluding carboxylic acids is 3. The molecule has 8 nitrogen and oxygen atoms in total. The molecule has 1 aliphatic heterocycles. The zero-order valence-corrected chi connectivity index (χ0v) is 15.8. The van der Waals surface area contributed by atoms with E-state index in [1.54, 1.807) is 36.4 Å². The molecular formula is C21H20N2O6. The van der Waals surface area contributed by atoms with Crippen molar-refractivity contribution < 1.29 is 28.6 Å². The van der Waals surface area contributed by atoms with Gasteiger partial charge in [0.05, 0.1) is 18.4 Å². The van der Waals surface area contributed by atoms with Crippen molar-refractivity contribution in [3.05, 3.63) is 53.6 Å². The van der Waals surface area contributed by atoms with E-state index in [0.717, 1.165) is 5.56 Å². The fourth-order valence-corrected chi connectivity index (χ4v) is 3.21. The molecule has 2 N–H and O–H groups in total. The summed E-state index contributed by atoms with van der Waals surface area (Å²) >= 11 is 0. The molecule has 150 valence electrons. The van der Waals surface area contributed by atoms with Crippen LogP contribution in [0.5, 0.6) is 11.5 Å². The summed E-state index contributed by atoms with van der Waals surface area (Å²) in [5.41, 5.74) is 0.272. The lowest BCUT2D eigenvalue weighted by Crippen LogP contribution is -2.39. The first kappa shape index (κ1) is 18.8. The summed E-state index contributed by atoms with van der Waals surface area (Å²) < 4.78 is 15.3. The largest absolute Gasteiger partial charge is 0.465 e. The minimum Gasteiger partial charge on any atom is -0.465 e. The molecule has 0 spiro atoms. The van der Waals surface area contributed by atoms with Gasteiger partial charge in [0.25, 0.3) is 0 Å². The van der Waals surface area contributed by atoms with Gasteiger partial charge < -0.3 is 24.8 Å². The molecule has 1 heterocycles. The van der Waals surface area contributed by atoms with Crippen molar-refractivity contribution in [3.63, 3.8) is 0 Å². The number of benzene rings is 2. The van der Waals surface area contributed by atoms with Crippen LogP contribution in [0, 0.1) is 5.41 Å². The molecule has 29 heavy (non-hydrogen) atoms. The monoisotopic (exact) mass is 396 g/mol. The highest BCUT2D eigenvalue weighted by molar-refractivity contribution is 6.14. The Bertz CT molecular complexity index is 983. The predicted molar refractivity (Wildman–Crippen MR) is 102 cm³/mol. The molecule has 8 heteroatoms. The van der Waals surface area contributed by atoms with Gasteiger partial charge in [-0.05, 0) is 42.7 Å². The number of esters is 1. The number of nitrogens with one attached hydrogen (secondary N) is 2. The van der Waals surface area contributed by atoms with E-state index in [2.05, 4.69) is 10.6 Å². The normalized spacial score (nSPS) is 15.3. The van der Waals surface area contributed by atoms with E-state index >= 15 is 0 Å². The summed E-state index contributed by atoms with van der Waals surface area (Å²) in [6.45, 7) is 0.449. The van der Waals surface area contributed by atoms with Crippen LogP contribution in [0.4, 0.5) is 5.69 Å². The van der Waals surface area contributed by atoms with Gasteiger partial charge in [-0.2, -0.15) is 0 Å². The summed E-state index contributed by atoms with van der Waals surface area (Å²) in [6.07, 6.45) is 0.901. The Morgan fingerprint density at radius 2 is 1.79 bits per heavy atom. The zero-order valence-electron chi connectivity index (χ0n) is 15.8. The lowest BCUT2D eigenvalue weighted by Gasteiger charge is -2.17. The smallest absolute Gasteiger partial charge is 0.339 e. The Balaban J connectivity index is 1.41. The molecule has 2 aromatic carbocycles. The van der Waals surface area contributed by atoms with Crippen LogP contribution in [-0.4, -0.2) is 31.7 Å². The molecule has 0 unspecified atom stereocenters. The molecule has 1 saturated carbocycles. The van der Waals surface area contributed by atoms with Gasteiger partial charge in [0, 0.05) is 6.54 Å². The van der Waals surface area contributed by atoms with Gasteiger partial charge in [-0.3, -0.25) is 9.59 Å². The van der Waals surface area contributed by atoms with E-state index in [9.17, 15) is 14.4 Å². The maximum atomic E-state index is 12.8. The lowest BCUT2D eigenvalue weighted by molar-refractivity contribution is -0.134. The third kappa shape index (κ3) is 3.61. The van der Waals surface area contributed by atoms with Crippen LogP contribution in [-0.2, 0) is 20.9 Å². The fraction of sp³-hybridized carbons (Fsp3) is 0.286. The number of para-hydroxylation sites is 1. The molecule has 1 fully saturated rings. The zero-order chi connectivity index (χ0) is 20.4. The number of amides is 2. The molecule has 0 aromatic heterocycles. The lowest BCUT2D eigenvalue weighted by atomic mass is 10.0. The van der Waals surface area contributed by atoms with Crippen molar-refractivity contribution in [2.45, 2.75) is 19.4 Å². The van der Waals surface area contributed by atoms with Crippen LogP contribution >= 0.6 is 0 Å². The number of fused-ring (bicyclic) bond motifs is 1. The summed E-state index contributed by atoms with van der Waals surface area (Å²) in [4.78, 5) is 37.4. The second-order valence-electron chi connectivity index (χ2n) is 6.94. The van der Waals surface area contributed by atoms with Gasteiger partial charge in [0.15, 0.2) is 11.5 Å². The number of hydrogen-bond donors (Lipinski definition) is 2. The molecule has 2 aliphatic rings. The van der Waals surface area contributed by atoms with Crippen molar-refractivity contribution in [2.24, 2.45) is 5.41 Å². The Morgan fingerprint density at radius 3 is 2.55 bits per heavy atom. The highest BCUT2D eigenvalue weighted by Crippen LogP contribution is 2.47. The van der Waals surface area contributed by atoms with Crippen molar-refractivity contribution in [1.82, 2.24) is 5.32 Å². The van der Waals surface area contributed by atoms with Gasteiger partial charge in [0.2, 0.25) is 18.6 Å². The summed E-state index contributed by atoms with van der Waals surface area (Å²) in [6, 6.07) is 11.9. The Hall–Kier alpha value is -3.55. The molecule has 0 saturated heterocycles. The van der Waals surface area contributed by atoms with Crippen LogP contribution < -0.4 is 20.1 Å². The molecule has 0 radical (unpaired) electrons. The van der Waals surface area contributed by atoms with Crippen LogP contribution in [0.3, 0.4) is 0 Å². The first-order chi connectivity index (χ1) is 14.0. The third-order valence-corrected chi connectivity index (χ3v) is 5.09. The first-order valence-electron chi connectivity index (χ1n) is 9.19. The minimum atomic E-state index is -1.13. The van der Waals surface area contributed by atoms with E-state index in [-0.39, 0.29) is 24.8 Å². The fourth-order valence-electron chi connectivity index (χ4n) is 3.21.